The molecule has 3 nitrogen and oxygen atoms in total. The third-order valence-corrected chi connectivity index (χ3v) is 4.49. The summed E-state index contributed by atoms with van der Waals surface area (Å²) in [5, 5.41) is 3.21. The van der Waals surface area contributed by atoms with Gasteiger partial charge in [-0.1, -0.05) is 44.2 Å². The molecule has 2 rings (SSSR count). The second-order valence-electron chi connectivity index (χ2n) is 5.37. The maximum atomic E-state index is 5.78. The van der Waals surface area contributed by atoms with Gasteiger partial charge in [-0.2, -0.15) is 0 Å². The third kappa shape index (κ3) is 3.21. The lowest BCUT2D eigenvalue weighted by molar-refractivity contribution is 0.340. The second-order valence-corrected chi connectivity index (χ2v) is 6.43. The number of aryl methyl sites for hydroxylation is 1. The molecule has 0 bridgehead atoms. The molecule has 0 fully saturated rings. The zero-order valence-corrected chi connectivity index (χ0v) is 12.5. The van der Waals surface area contributed by atoms with E-state index in [0.717, 1.165) is 17.1 Å². The van der Waals surface area contributed by atoms with Crippen LogP contribution < -0.4 is 11.3 Å². The number of hydrogen-bond acceptors (Lipinski definition) is 4. The van der Waals surface area contributed by atoms with Crippen LogP contribution >= 0.6 is 11.3 Å². The minimum atomic E-state index is -0.0481. The summed E-state index contributed by atoms with van der Waals surface area (Å²) < 4.78 is 0. The van der Waals surface area contributed by atoms with Crippen molar-refractivity contribution in [2.45, 2.75) is 38.6 Å². The first-order valence-electron chi connectivity index (χ1n) is 6.46. The van der Waals surface area contributed by atoms with Crippen LogP contribution in [0.4, 0.5) is 0 Å². The van der Waals surface area contributed by atoms with Crippen LogP contribution in [0.25, 0.3) is 0 Å². The van der Waals surface area contributed by atoms with E-state index in [4.69, 9.17) is 5.84 Å². The molecule has 1 atom stereocenters. The normalized spacial score (nSPS) is 13.5. The van der Waals surface area contributed by atoms with E-state index in [1.807, 2.05) is 13.0 Å². The van der Waals surface area contributed by atoms with Crippen LogP contribution in [-0.4, -0.2) is 11.0 Å². The predicted molar refractivity (Wildman–Crippen MR) is 81.1 cm³/mol. The number of rotatable bonds is 5. The lowest BCUT2D eigenvalue weighted by atomic mass is 9.76. The van der Waals surface area contributed by atoms with Crippen molar-refractivity contribution in [1.29, 1.82) is 0 Å². The van der Waals surface area contributed by atoms with Crippen LogP contribution in [0.3, 0.4) is 0 Å². The van der Waals surface area contributed by atoms with E-state index < -0.39 is 0 Å². The lowest BCUT2D eigenvalue weighted by Crippen LogP contribution is -2.49. The number of benzene rings is 1. The zero-order chi connectivity index (χ0) is 13.9. The number of nitrogens with one attached hydrogen (secondary N) is 1. The van der Waals surface area contributed by atoms with Gasteiger partial charge < -0.3 is 0 Å². The van der Waals surface area contributed by atoms with Gasteiger partial charge in [0.2, 0.25) is 0 Å². The zero-order valence-electron chi connectivity index (χ0n) is 11.7. The average molecular weight is 275 g/mol. The predicted octanol–water partition coefficient (Wildman–Crippen LogP) is 2.80. The minimum absolute atomic E-state index is 0.0481. The summed E-state index contributed by atoms with van der Waals surface area (Å²) in [6.45, 7) is 6.46. The van der Waals surface area contributed by atoms with Crippen molar-refractivity contribution in [1.82, 2.24) is 10.4 Å². The summed E-state index contributed by atoms with van der Waals surface area (Å²) in [7, 11) is 0. The molecule has 3 N–H and O–H groups in total. The summed E-state index contributed by atoms with van der Waals surface area (Å²) in [4.78, 5) is 4.53. The SMILES string of the molecule is Cc1nc(CC(NN)C(C)(C)c2ccccc2)cs1. The van der Waals surface area contributed by atoms with Crippen LogP contribution in [-0.2, 0) is 11.8 Å². The van der Waals surface area contributed by atoms with Gasteiger partial charge in [-0.15, -0.1) is 11.3 Å². The van der Waals surface area contributed by atoms with E-state index in [1.54, 1.807) is 11.3 Å². The fraction of sp³-hybridized carbons (Fsp3) is 0.400. The van der Waals surface area contributed by atoms with Crippen molar-refractivity contribution in [2.24, 2.45) is 5.84 Å². The highest BCUT2D eigenvalue weighted by Gasteiger charge is 2.31. The van der Waals surface area contributed by atoms with Crippen LogP contribution in [0, 0.1) is 6.92 Å². The Bertz CT molecular complexity index is 519. The maximum absolute atomic E-state index is 5.78. The summed E-state index contributed by atoms with van der Waals surface area (Å²) in [6, 6.07) is 10.6. The summed E-state index contributed by atoms with van der Waals surface area (Å²) in [5.74, 6) is 5.78. The third-order valence-electron chi connectivity index (χ3n) is 3.67. The van der Waals surface area contributed by atoms with E-state index in [0.29, 0.717) is 0 Å². The Morgan fingerprint density at radius 3 is 2.53 bits per heavy atom. The molecule has 0 radical (unpaired) electrons. The molecule has 1 aromatic heterocycles. The first kappa shape index (κ1) is 14.2. The van der Waals surface area contributed by atoms with Crippen LogP contribution in [0.5, 0.6) is 0 Å². The molecular weight excluding hydrogens is 254 g/mol. The van der Waals surface area contributed by atoms with Crippen LogP contribution in [0.15, 0.2) is 35.7 Å². The molecule has 0 spiro atoms. The Balaban J connectivity index is 2.21. The molecule has 2 aromatic rings. The molecule has 4 heteroatoms. The lowest BCUT2D eigenvalue weighted by Gasteiger charge is -2.34. The Kier molecular flexibility index (Phi) is 4.34. The Morgan fingerprint density at radius 2 is 2.00 bits per heavy atom. The first-order chi connectivity index (χ1) is 9.04. The van der Waals surface area contributed by atoms with E-state index in [1.165, 1.54) is 5.56 Å². The van der Waals surface area contributed by atoms with Gasteiger partial charge in [0.1, 0.15) is 0 Å². The van der Waals surface area contributed by atoms with Crippen molar-refractivity contribution >= 4 is 11.3 Å². The van der Waals surface area contributed by atoms with Gasteiger partial charge in [-0.3, -0.25) is 11.3 Å². The highest BCUT2D eigenvalue weighted by molar-refractivity contribution is 7.09. The van der Waals surface area contributed by atoms with Gasteiger partial charge in [-0.05, 0) is 12.5 Å². The number of nitrogens with two attached hydrogens (primary N) is 1. The number of hydrogen-bond donors (Lipinski definition) is 2. The Labute approximate surface area is 118 Å². The van der Waals surface area contributed by atoms with Crippen molar-refractivity contribution < 1.29 is 0 Å². The van der Waals surface area contributed by atoms with Gasteiger partial charge in [-0.25, -0.2) is 4.98 Å². The summed E-state index contributed by atoms with van der Waals surface area (Å²) in [5.41, 5.74) is 5.30. The summed E-state index contributed by atoms with van der Waals surface area (Å²) in [6.07, 6.45) is 0.836. The van der Waals surface area contributed by atoms with Gasteiger partial charge in [0.15, 0.2) is 0 Å². The number of hydrazine groups is 1. The topological polar surface area (TPSA) is 50.9 Å². The molecule has 0 aliphatic heterocycles. The van der Waals surface area contributed by atoms with E-state index >= 15 is 0 Å². The number of nitrogens with zero attached hydrogens (tertiary/aromatic N) is 1. The molecular formula is C15H21N3S. The van der Waals surface area contributed by atoms with Crippen molar-refractivity contribution in [3.8, 4) is 0 Å². The van der Waals surface area contributed by atoms with Gasteiger partial charge >= 0.3 is 0 Å². The monoisotopic (exact) mass is 275 g/mol. The summed E-state index contributed by atoms with van der Waals surface area (Å²) >= 11 is 1.68. The number of thiazole rings is 1. The fourth-order valence-electron chi connectivity index (χ4n) is 2.30. The highest BCUT2D eigenvalue weighted by atomic mass is 32.1. The molecule has 19 heavy (non-hydrogen) atoms. The van der Waals surface area contributed by atoms with E-state index in [9.17, 15) is 0 Å². The molecule has 0 amide bonds. The standard InChI is InChI=1S/C15H21N3S/c1-11-17-13(10-19-11)9-14(18-16)15(2,3)12-7-5-4-6-8-12/h4-8,10,14,18H,9,16H2,1-3H3. The molecule has 1 aromatic carbocycles. The molecule has 0 saturated carbocycles. The largest absolute Gasteiger partial charge is 0.271 e. The van der Waals surface area contributed by atoms with Crippen molar-refractivity contribution in [3.05, 3.63) is 52.0 Å². The molecule has 0 aliphatic rings. The second kappa shape index (κ2) is 5.82. The quantitative estimate of drug-likeness (QED) is 0.651. The van der Waals surface area contributed by atoms with Gasteiger partial charge in [0, 0.05) is 23.3 Å². The van der Waals surface area contributed by atoms with Crippen LogP contribution in [0.1, 0.15) is 30.1 Å². The smallest absolute Gasteiger partial charge is 0.0897 e. The Hall–Kier alpha value is -1.23. The molecule has 1 heterocycles. The minimum Gasteiger partial charge on any atom is -0.271 e. The average Bonchev–Trinajstić information content (AvgIpc) is 2.82. The molecule has 0 saturated heterocycles. The highest BCUT2D eigenvalue weighted by Crippen LogP contribution is 2.28. The van der Waals surface area contributed by atoms with Crippen molar-refractivity contribution in [3.63, 3.8) is 0 Å². The van der Waals surface area contributed by atoms with Gasteiger partial charge in [0.25, 0.3) is 0 Å². The first-order valence-corrected chi connectivity index (χ1v) is 7.34. The fourth-order valence-corrected chi connectivity index (χ4v) is 2.93. The Morgan fingerprint density at radius 1 is 1.32 bits per heavy atom. The van der Waals surface area contributed by atoms with Crippen molar-refractivity contribution in [2.75, 3.05) is 0 Å². The van der Waals surface area contributed by atoms with Crippen LogP contribution in [0.2, 0.25) is 0 Å². The maximum Gasteiger partial charge on any atom is 0.0897 e. The van der Waals surface area contributed by atoms with E-state index in [2.05, 4.69) is 53.9 Å². The van der Waals surface area contributed by atoms with E-state index in [-0.39, 0.29) is 11.5 Å². The molecule has 102 valence electrons. The molecule has 0 aliphatic carbocycles. The molecule has 1 unspecified atom stereocenters. The number of aromatic nitrogens is 1. The van der Waals surface area contributed by atoms with Gasteiger partial charge in [0.05, 0.1) is 10.7 Å².